The standard InChI is InChI=1S/C8H7F6N3O/c9-7(10,11)4-2-17-6(18-8(12,13)14)5(16)3(4)1-15/h2H,1,15-16H2. The second kappa shape index (κ2) is 4.52. The van der Waals surface area contributed by atoms with Crippen LogP contribution in [0.3, 0.4) is 0 Å². The number of nitrogen functional groups attached to an aromatic ring is 1. The summed E-state index contributed by atoms with van der Waals surface area (Å²) in [4.78, 5) is 2.90. The van der Waals surface area contributed by atoms with Gasteiger partial charge in [0.05, 0.1) is 5.56 Å². The van der Waals surface area contributed by atoms with Crippen LogP contribution >= 0.6 is 0 Å². The molecule has 4 nitrogen and oxygen atoms in total. The molecule has 0 amide bonds. The molecule has 4 N–H and O–H groups in total. The van der Waals surface area contributed by atoms with Gasteiger partial charge in [0.25, 0.3) is 0 Å². The summed E-state index contributed by atoms with van der Waals surface area (Å²) in [5, 5.41) is 0. The van der Waals surface area contributed by atoms with Crippen LogP contribution in [0.1, 0.15) is 11.1 Å². The molecule has 1 aromatic rings. The van der Waals surface area contributed by atoms with E-state index in [1.54, 1.807) is 0 Å². The second-order valence-electron chi connectivity index (χ2n) is 3.12. The van der Waals surface area contributed by atoms with Crippen LogP contribution in [0.5, 0.6) is 5.88 Å². The van der Waals surface area contributed by atoms with Crippen LogP contribution in [0.25, 0.3) is 0 Å². The number of anilines is 1. The van der Waals surface area contributed by atoms with E-state index in [9.17, 15) is 26.3 Å². The normalized spacial score (nSPS) is 12.6. The van der Waals surface area contributed by atoms with Crippen molar-refractivity contribution in [2.45, 2.75) is 19.1 Å². The molecule has 0 bridgehead atoms. The number of ether oxygens (including phenoxy) is 1. The molecule has 1 aromatic heterocycles. The van der Waals surface area contributed by atoms with E-state index in [1.165, 1.54) is 0 Å². The molecule has 0 aliphatic rings. The van der Waals surface area contributed by atoms with Crippen molar-refractivity contribution in [1.29, 1.82) is 0 Å². The average Bonchev–Trinajstić information content (AvgIpc) is 2.17. The molecule has 0 aromatic carbocycles. The molecule has 0 fully saturated rings. The first-order valence-corrected chi connectivity index (χ1v) is 4.36. The maximum absolute atomic E-state index is 12.5. The van der Waals surface area contributed by atoms with E-state index in [1.807, 2.05) is 0 Å². The van der Waals surface area contributed by atoms with E-state index < -0.39 is 41.8 Å². The lowest BCUT2D eigenvalue weighted by Crippen LogP contribution is -2.21. The molecular weight excluding hydrogens is 268 g/mol. The van der Waals surface area contributed by atoms with Gasteiger partial charge >= 0.3 is 12.5 Å². The quantitative estimate of drug-likeness (QED) is 0.810. The summed E-state index contributed by atoms with van der Waals surface area (Å²) < 4.78 is 76.6. The molecule has 0 aliphatic heterocycles. The third kappa shape index (κ3) is 3.15. The first-order valence-electron chi connectivity index (χ1n) is 4.36. The van der Waals surface area contributed by atoms with Gasteiger partial charge in [-0.2, -0.15) is 13.2 Å². The van der Waals surface area contributed by atoms with Gasteiger partial charge in [0.1, 0.15) is 5.69 Å². The Kier molecular flexibility index (Phi) is 3.60. The number of nitrogens with zero attached hydrogens (tertiary/aromatic N) is 1. The molecule has 0 unspecified atom stereocenters. The Morgan fingerprint density at radius 2 is 1.72 bits per heavy atom. The fourth-order valence-corrected chi connectivity index (χ4v) is 1.20. The zero-order valence-corrected chi connectivity index (χ0v) is 8.56. The molecule has 102 valence electrons. The third-order valence-electron chi connectivity index (χ3n) is 1.91. The predicted molar refractivity (Wildman–Crippen MR) is 48.2 cm³/mol. The number of hydrogen-bond donors (Lipinski definition) is 2. The van der Waals surface area contributed by atoms with Gasteiger partial charge in [-0.3, -0.25) is 0 Å². The van der Waals surface area contributed by atoms with E-state index in [4.69, 9.17) is 11.5 Å². The first-order chi connectivity index (χ1) is 8.06. The fraction of sp³-hybridized carbons (Fsp3) is 0.375. The van der Waals surface area contributed by atoms with Gasteiger partial charge in [-0.05, 0) is 0 Å². The molecule has 0 radical (unpaired) electrons. The van der Waals surface area contributed by atoms with Crippen LogP contribution in [0.15, 0.2) is 6.20 Å². The van der Waals surface area contributed by atoms with Gasteiger partial charge in [0.2, 0.25) is 5.88 Å². The van der Waals surface area contributed by atoms with Gasteiger partial charge in [0, 0.05) is 18.3 Å². The van der Waals surface area contributed by atoms with Crippen molar-refractivity contribution >= 4 is 5.69 Å². The van der Waals surface area contributed by atoms with Crippen molar-refractivity contribution < 1.29 is 31.1 Å². The lowest BCUT2D eigenvalue weighted by molar-refractivity contribution is -0.275. The Balaban J connectivity index is 3.29. The zero-order chi connectivity index (χ0) is 14.1. The van der Waals surface area contributed by atoms with Gasteiger partial charge in [-0.25, -0.2) is 4.98 Å². The van der Waals surface area contributed by atoms with E-state index >= 15 is 0 Å². The summed E-state index contributed by atoms with van der Waals surface area (Å²) >= 11 is 0. The van der Waals surface area contributed by atoms with Crippen LogP contribution in [0, 0.1) is 0 Å². The number of halogens is 6. The van der Waals surface area contributed by atoms with E-state index in [2.05, 4.69) is 9.72 Å². The molecule has 1 rings (SSSR count). The molecule has 0 atom stereocenters. The van der Waals surface area contributed by atoms with Crippen LogP contribution < -0.4 is 16.2 Å². The molecular formula is C8H7F6N3O. The Morgan fingerprint density at radius 1 is 1.17 bits per heavy atom. The maximum atomic E-state index is 12.5. The number of aromatic nitrogens is 1. The van der Waals surface area contributed by atoms with Crippen molar-refractivity contribution in [2.75, 3.05) is 5.73 Å². The highest BCUT2D eigenvalue weighted by atomic mass is 19.4. The van der Waals surface area contributed by atoms with Crippen LogP contribution in [0.4, 0.5) is 32.0 Å². The van der Waals surface area contributed by atoms with E-state index in [0.717, 1.165) is 0 Å². The smallest absolute Gasteiger partial charge is 0.394 e. The molecule has 0 spiro atoms. The van der Waals surface area contributed by atoms with Crippen LogP contribution in [-0.2, 0) is 12.7 Å². The van der Waals surface area contributed by atoms with Gasteiger partial charge < -0.3 is 16.2 Å². The van der Waals surface area contributed by atoms with Crippen molar-refractivity contribution in [2.24, 2.45) is 5.73 Å². The van der Waals surface area contributed by atoms with Crippen molar-refractivity contribution in [3.63, 3.8) is 0 Å². The van der Waals surface area contributed by atoms with Crippen molar-refractivity contribution in [1.82, 2.24) is 4.98 Å². The zero-order valence-electron chi connectivity index (χ0n) is 8.56. The molecule has 0 saturated heterocycles. The summed E-state index contributed by atoms with van der Waals surface area (Å²) in [5.74, 6) is -1.16. The van der Waals surface area contributed by atoms with Gasteiger partial charge in [-0.1, -0.05) is 0 Å². The number of alkyl halides is 6. The topological polar surface area (TPSA) is 74.2 Å². The fourth-order valence-electron chi connectivity index (χ4n) is 1.20. The lowest BCUT2D eigenvalue weighted by atomic mass is 10.1. The number of hydrogen-bond acceptors (Lipinski definition) is 4. The molecule has 18 heavy (non-hydrogen) atoms. The third-order valence-corrected chi connectivity index (χ3v) is 1.91. The Hall–Kier alpha value is -1.71. The van der Waals surface area contributed by atoms with Gasteiger partial charge in [0.15, 0.2) is 0 Å². The minimum absolute atomic E-state index is 0.194. The molecule has 10 heteroatoms. The highest BCUT2D eigenvalue weighted by Gasteiger charge is 2.37. The number of nitrogens with two attached hydrogens (primary N) is 2. The second-order valence-corrected chi connectivity index (χ2v) is 3.12. The van der Waals surface area contributed by atoms with Crippen molar-refractivity contribution in [3.05, 3.63) is 17.3 Å². The Bertz CT molecular complexity index is 442. The van der Waals surface area contributed by atoms with Crippen LogP contribution in [-0.4, -0.2) is 11.3 Å². The van der Waals surface area contributed by atoms with E-state index in [-0.39, 0.29) is 6.20 Å². The lowest BCUT2D eigenvalue weighted by Gasteiger charge is -2.16. The average molecular weight is 275 g/mol. The Morgan fingerprint density at radius 3 is 2.11 bits per heavy atom. The summed E-state index contributed by atoms with van der Waals surface area (Å²) in [6.45, 7) is -0.697. The van der Waals surface area contributed by atoms with Crippen molar-refractivity contribution in [3.8, 4) is 5.88 Å². The minimum Gasteiger partial charge on any atom is -0.394 e. The van der Waals surface area contributed by atoms with Crippen LogP contribution in [0.2, 0.25) is 0 Å². The molecule has 1 heterocycles. The first kappa shape index (κ1) is 14.4. The predicted octanol–water partition coefficient (Wildman–Crippen LogP) is 2.04. The number of rotatable bonds is 2. The van der Waals surface area contributed by atoms with Gasteiger partial charge in [-0.15, -0.1) is 13.2 Å². The summed E-state index contributed by atoms with van der Waals surface area (Å²) in [5.41, 5.74) is 7.29. The Labute approximate surface area is 96.5 Å². The summed E-state index contributed by atoms with van der Waals surface area (Å²) in [6, 6.07) is 0. The highest BCUT2D eigenvalue weighted by molar-refractivity contribution is 5.58. The van der Waals surface area contributed by atoms with E-state index in [0.29, 0.717) is 0 Å². The monoisotopic (exact) mass is 275 g/mol. The summed E-state index contributed by atoms with van der Waals surface area (Å²) in [6.07, 6.45) is -9.72. The summed E-state index contributed by atoms with van der Waals surface area (Å²) in [7, 11) is 0. The number of pyridine rings is 1. The highest BCUT2D eigenvalue weighted by Crippen LogP contribution is 2.37. The maximum Gasteiger partial charge on any atom is 0.574 e. The molecule has 0 saturated carbocycles. The largest absolute Gasteiger partial charge is 0.574 e. The SMILES string of the molecule is NCc1c(C(F)(F)F)cnc(OC(F)(F)F)c1N. The molecule has 0 aliphatic carbocycles. The minimum atomic E-state index is -5.10.